The van der Waals surface area contributed by atoms with E-state index in [1.54, 1.807) is 0 Å². The highest BCUT2D eigenvalue weighted by atomic mass is 16.5. The Morgan fingerprint density at radius 3 is 2.47 bits per heavy atom. The predicted octanol–water partition coefficient (Wildman–Crippen LogP) is 4.78. The number of benzene rings is 2. The molecule has 1 aromatic heterocycles. The zero-order valence-electron chi connectivity index (χ0n) is 10.8. The highest BCUT2D eigenvalue weighted by molar-refractivity contribution is 5.85. The summed E-state index contributed by atoms with van der Waals surface area (Å²) in [6.45, 7) is 2.63. The summed E-state index contributed by atoms with van der Waals surface area (Å²) in [5, 5.41) is 1.00. The Hall–Kier alpha value is -2.35. The number of hydrogen-bond donors (Lipinski definition) is 0. The minimum Gasteiger partial charge on any atom is -0.493 e. The first-order chi connectivity index (χ1) is 9.38. The molecular formula is C17H15O2+. The predicted molar refractivity (Wildman–Crippen MR) is 77.2 cm³/mol. The van der Waals surface area contributed by atoms with Crippen molar-refractivity contribution in [3.8, 4) is 17.1 Å². The molecular weight excluding hydrogens is 236 g/mol. The Morgan fingerprint density at radius 2 is 1.68 bits per heavy atom. The number of fused-ring (bicyclic) bond motifs is 1. The van der Waals surface area contributed by atoms with Gasteiger partial charge in [-0.05, 0) is 25.1 Å². The van der Waals surface area contributed by atoms with Gasteiger partial charge in [-0.25, -0.2) is 4.42 Å². The van der Waals surface area contributed by atoms with Crippen molar-refractivity contribution in [1.82, 2.24) is 0 Å². The summed E-state index contributed by atoms with van der Waals surface area (Å²) >= 11 is 0. The Kier molecular flexibility index (Phi) is 3.15. The van der Waals surface area contributed by atoms with Crippen LogP contribution < -0.4 is 4.74 Å². The van der Waals surface area contributed by atoms with Crippen LogP contribution in [0.25, 0.3) is 22.3 Å². The zero-order valence-corrected chi connectivity index (χ0v) is 10.8. The van der Waals surface area contributed by atoms with Crippen LogP contribution in [-0.4, -0.2) is 6.61 Å². The molecule has 94 valence electrons. The highest BCUT2D eigenvalue weighted by Crippen LogP contribution is 2.32. The fraction of sp³-hybridized carbons (Fsp3) is 0.118. The second kappa shape index (κ2) is 5.11. The average molecular weight is 251 g/mol. The van der Waals surface area contributed by atoms with Crippen LogP contribution >= 0.6 is 0 Å². The van der Waals surface area contributed by atoms with E-state index >= 15 is 0 Å². The lowest BCUT2D eigenvalue weighted by atomic mass is 10.1. The summed E-state index contributed by atoms with van der Waals surface area (Å²) in [7, 11) is 0. The molecule has 0 atom stereocenters. The van der Waals surface area contributed by atoms with E-state index in [2.05, 4.69) is 0 Å². The molecule has 2 heteroatoms. The fourth-order valence-corrected chi connectivity index (χ4v) is 2.12. The Morgan fingerprint density at radius 1 is 0.947 bits per heavy atom. The summed E-state index contributed by atoms with van der Waals surface area (Å²) in [6, 6.07) is 19.9. The van der Waals surface area contributed by atoms with Crippen molar-refractivity contribution in [2.45, 2.75) is 6.92 Å². The molecule has 0 aliphatic heterocycles. The minimum atomic E-state index is 0.641. The molecule has 3 aromatic rings. The zero-order chi connectivity index (χ0) is 13.1. The van der Waals surface area contributed by atoms with Gasteiger partial charge in [0.2, 0.25) is 0 Å². The van der Waals surface area contributed by atoms with Crippen LogP contribution in [0, 0.1) is 0 Å². The second-order valence-corrected chi connectivity index (χ2v) is 4.27. The van der Waals surface area contributed by atoms with Crippen molar-refractivity contribution in [3.05, 3.63) is 60.7 Å². The molecule has 19 heavy (non-hydrogen) atoms. The molecule has 1 heterocycles. The normalized spacial score (nSPS) is 10.6. The second-order valence-electron chi connectivity index (χ2n) is 4.27. The van der Waals surface area contributed by atoms with Gasteiger partial charge in [0.05, 0.1) is 18.2 Å². The smallest absolute Gasteiger partial charge is 0.364 e. The van der Waals surface area contributed by atoms with Crippen LogP contribution in [0.1, 0.15) is 6.92 Å². The SMILES string of the molecule is CCOc1cc(-c2ccccc2)[o+]c2ccccc12. The van der Waals surface area contributed by atoms with Crippen LogP contribution in [0.2, 0.25) is 0 Å². The van der Waals surface area contributed by atoms with Gasteiger partial charge in [-0.2, -0.15) is 0 Å². The Balaban J connectivity index is 2.22. The van der Waals surface area contributed by atoms with Crippen molar-refractivity contribution in [1.29, 1.82) is 0 Å². The molecule has 0 aliphatic rings. The Bertz CT molecular complexity index is 690. The quantitative estimate of drug-likeness (QED) is 0.624. The van der Waals surface area contributed by atoms with Gasteiger partial charge < -0.3 is 4.74 Å². The summed E-state index contributed by atoms with van der Waals surface area (Å²) in [5.41, 5.74) is 1.89. The topological polar surface area (TPSA) is 20.5 Å². The third kappa shape index (κ3) is 2.29. The van der Waals surface area contributed by atoms with Crippen molar-refractivity contribution in [2.75, 3.05) is 6.61 Å². The summed E-state index contributed by atoms with van der Waals surface area (Å²) < 4.78 is 11.7. The van der Waals surface area contributed by atoms with Crippen LogP contribution in [0.5, 0.6) is 5.75 Å². The van der Waals surface area contributed by atoms with Gasteiger partial charge in [-0.3, -0.25) is 0 Å². The van der Waals surface area contributed by atoms with E-state index in [0.29, 0.717) is 6.61 Å². The van der Waals surface area contributed by atoms with E-state index in [-0.39, 0.29) is 0 Å². The molecule has 3 rings (SSSR count). The first-order valence-electron chi connectivity index (χ1n) is 6.42. The lowest BCUT2D eigenvalue weighted by Gasteiger charge is -2.03. The molecule has 2 aromatic carbocycles. The maximum absolute atomic E-state index is 5.95. The molecule has 0 saturated carbocycles. The first-order valence-corrected chi connectivity index (χ1v) is 6.42. The van der Waals surface area contributed by atoms with E-state index in [4.69, 9.17) is 9.15 Å². The van der Waals surface area contributed by atoms with Crippen molar-refractivity contribution < 1.29 is 9.15 Å². The monoisotopic (exact) mass is 251 g/mol. The minimum absolute atomic E-state index is 0.641. The van der Waals surface area contributed by atoms with Gasteiger partial charge in [-0.15, -0.1) is 0 Å². The van der Waals surface area contributed by atoms with E-state index in [1.807, 2.05) is 67.6 Å². The third-order valence-corrected chi connectivity index (χ3v) is 2.99. The van der Waals surface area contributed by atoms with Crippen LogP contribution in [0.3, 0.4) is 0 Å². The average Bonchev–Trinajstić information content (AvgIpc) is 2.48. The highest BCUT2D eigenvalue weighted by Gasteiger charge is 2.18. The molecule has 0 amide bonds. The van der Waals surface area contributed by atoms with Gasteiger partial charge >= 0.3 is 11.3 Å². The summed E-state index contributed by atoms with van der Waals surface area (Å²) in [4.78, 5) is 0. The number of para-hydroxylation sites is 1. The first kappa shape index (κ1) is 11.7. The molecule has 0 unspecified atom stereocenters. The van der Waals surface area contributed by atoms with Gasteiger partial charge in [0.15, 0.2) is 0 Å². The Labute approximate surface area is 112 Å². The lowest BCUT2D eigenvalue weighted by molar-refractivity contribution is 0.342. The van der Waals surface area contributed by atoms with E-state index in [1.165, 1.54) is 0 Å². The molecule has 0 bridgehead atoms. The molecule has 0 spiro atoms. The molecule has 2 nitrogen and oxygen atoms in total. The van der Waals surface area contributed by atoms with Crippen LogP contribution in [-0.2, 0) is 0 Å². The maximum atomic E-state index is 5.95. The lowest BCUT2D eigenvalue weighted by Crippen LogP contribution is -1.93. The number of ether oxygens (including phenoxy) is 1. The maximum Gasteiger partial charge on any atom is 0.364 e. The van der Waals surface area contributed by atoms with Gasteiger partial charge in [-0.1, -0.05) is 30.3 Å². The van der Waals surface area contributed by atoms with Crippen molar-refractivity contribution >= 4 is 11.0 Å². The number of rotatable bonds is 3. The molecule has 0 radical (unpaired) electrons. The van der Waals surface area contributed by atoms with E-state index in [0.717, 1.165) is 28.0 Å². The fourth-order valence-electron chi connectivity index (χ4n) is 2.12. The van der Waals surface area contributed by atoms with Crippen molar-refractivity contribution in [2.24, 2.45) is 0 Å². The molecule has 0 aliphatic carbocycles. The van der Waals surface area contributed by atoms with Gasteiger partial charge in [0, 0.05) is 6.07 Å². The molecule has 0 N–H and O–H groups in total. The number of hydrogen-bond acceptors (Lipinski definition) is 1. The molecule has 0 saturated heterocycles. The van der Waals surface area contributed by atoms with E-state index in [9.17, 15) is 0 Å². The molecule has 0 fully saturated rings. The van der Waals surface area contributed by atoms with Gasteiger partial charge in [0.1, 0.15) is 11.1 Å². The summed E-state index contributed by atoms with van der Waals surface area (Å²) in [6.07, 6.45) is 0. The third-order valence-electron chi connectivity index (χ3n) is 2.99. The summed E-state index contributed by atoms with van der Waals surface area (Å²) in [5.74, 6) is 1.69. The van der Waals surface area contributed by atoms with Crippen LogP contribution in [0.4, 0.5) is 0 Å². The van der Waals surface area contributed by atoms with E-state index < -0.39 is 0 Å². The van der Waals surface area contributed by atoms with Gasteiger partial charge in [0.25, 0.3) is 0 Å². The largest absolute Gasteiger partial charge is 0.493 e. The van der Waals surface area contributed by atoms with Crippen molar-refractivity contribution in [3.63, 3.8) is 0 Å². The van der Waals surface area contributed by atoms with Crippen LogP contribution in [0.15, 0.2) is 65.1 Å². The standard InChI is InChI=1S/C17H15O2/c1-2-18-17-12-16(13-8-4-3-5-9-13)19-15-11-7-6-10-14(15)17/h3-12H,2H2,1H3/q+1.